The van der Waals surface area contributed by atoms with Crippen molar-refractivity contribution in [1.82, 2.24) is 9.62 Å². The highest BCUT2D eigenvalue weighted by Crippen LogP contribution is 2.19. The van der Waals surface area contributed by atoms with Crippen LogP contribution in [-0.4, -0.2) is 68.5 Å². The van der Waals surface area contributed by atoms with E-state index in [1.165, 1.54) is 4.31 Å². The van der Waals surface area contributed by atoms with Gasteiger partial charge in [-0.15, -0.1) is 0 Å². The van der Waals surface area contributed by atoms with E-state index in [4.69, 9.17) is 14.7 Å². The summed E-state index contributed by atoms with van der Waals surface area (Å²) in [6.07, 6.45) is -0.0554. The summed E-state index contributed by atoms with van der Waals surface area (Å²) in [5.74, 6) is 0. The Hall–Kier alpha value is -2.97. The first-order chi connectivity index (χ1) is 17.8. The molecule has 0 bridgehead atoms. The van der Waals surface area contributed by atoms with Crippen LogP contribution in [0.2, 0.25) is 0 Å². The van der Waals surface area contributed by atoms with E-state index in [9.17, 15) is 18.3 Å². The molecule has 1 amide bonds. The van der Waals surface area contributed by atoms with E-state index in [1.54, 1.807) is 24.3 Å². The number of aliphatic hydroxyl groups excluding tert-OH is 1. The van der Waals surface area contributed by atoms with Gasteiger partial charge < -0.3 is 19.9 Å². The highest BCUT2D eigenvalue weighted by atomic mass is 32.2. The van der Waals surface area contributed by atoms with Crippen LogP contribution in [0.1, 0.15) is 36.8 Å². The topological polar surface area (TPSA) is 129 Å². The molecule has 0 saturated carbocycles. The van der Waals surface area contributed by atoms with E-state index in [1.807, 2.05) is 37.3 Å². The Labute approximate surface area is 219 Å². The van der Waals surface area contributed by atoms with Crippen molar-refractivity contribution < 1.29 is 27.8 Å². The molecule has 1 saturated heterocycles. The van der Waals surface area contributed by atoms with Crippen LogP contribution in [-0.2, 0) is 25.9 Å². The molecular weight excluding hydrogens is 494 g/mol. The van der Waals surface area contributed by atoms with Gasteiger partial charge in [0.15, 0.2) is 0 Å². The van der Waals surface area contributed by atoms with Gasteiger partial charge in [0.25, 0.3) is 0 Å². The number of alkyl carbamates (subject to hydrolysis) is 1. The highest BCUT2D eigenvalue weighted by Gasteiger charge is 2.31. The van der Waals surface area contributed by atoms with E-state index < -0.39 is 28.3 Å². The quantitative estimate of drug-likeness (QED) is 0.381. The SMILES string of the molecule is Cc1ccc(S(=O)(=O)N(CCCCC#N)CC(O)C(Cc2ccccc2)NC(=O)OC2CCOC2)cc1. The number of benzene rings is 2. The van der Waals surface area contributed by atoms with E-state index in [-0.39, 0.29) is 30.5 Å². The van der Waals surface area contributed by atoms with Crippen LogP contribution < -0.4 is 5.32 Å². The minimum absolute atomic E-state index is 0.124. The fraction of sp³-hybridized carbons (Fsp3) is 0.481. The summed E-state index contributed by atoms with van der Waals surface area (Å²) in [6, 6.07) is 17.1. The summed E-state index contributed by atoms with van der Waals surface area (Å²) >= 11 is 0. The molecule has 0 aliphatic carbocycles. The first kappa shape index (κ1) is 28.6. The van der Waals surface area contributed by atoms with Crippen molar-refractivity contribution in [3.05, 3.63) is 65.7 Å². The second-order valence-corrected chi connectivity index (χ2v) is 11.1. The Kier molecular flexibility index (Phi) is 10.9. The molecule has 3 atom stereocenters. The first-order valence-corrected chi connectivity index (χ1v) is 13.9. The Morgan fingerprint density at radius 1 is 1.22 bits per heavy atom. The van der Waals surface area contributed by atoms with Crippen LogP contribution in [0.3, 0.4) is 0 Å². The first-order valence-electron chi connectivity index (χ1n) is 12.5. The van der Waals surface area contributed by atoms with Crippen molar-refractivity contribution in [3.8, 4) is 6.07 Å². The Balaban J connectivity index is 1.79. The van der Waals surface area contributed by atoms with Crippen molar-refractivity contribution in [2.45, 2.75) is 62.2 Å². The number of rotatable bonds is 13. The van der Waals surface area contributed by atoms with Gasteiger partial charge in [-0.3, -0.25) is 0 Å². The van der Waals surface area contributed by atoms with Crippen LogP contribution in [0.25, 0.3) is 0 Å². The number of hydrogen-bond acceptors (Lipinski definition) is 7. The second kappa shape index (κ2) is 14.1. The molecule has 2 aromatic rings. The van der Waals surface area contributed by atoms with Gasteiger partial charge in [-0.05, 0) is 43.9 Å². The van der Waals surface area contributed by atoms with Crippen LogP contribution in [0.15, 0.2) is 59.5 Å². The summed E-state index contributed by atoms with van der Waals surface area (Å²) < 4.78 is 38.9. The number of nitriles is 1. The number of nitrogens with one attached hydrogen (secondary N) is 1. The molecule has 3 rings (SSSR count). The van der Waals surface area contributed by atoms with E-state index in [2.05, 4.69) is 11.4 Å². The minimum Gasteiger partial charge on any atom is -0.444 e. The number of ether oxygens (including phenoxy) is 2. The lowest BCUT2D eigenvalue weighted by molar-refractivity contribution is 0.0649. The number of nitrogens with zero attached hydrogens (tertiary/aromatic N) is 2. The van der Waals surface area contributed by atoms with Gasteiger partial charge in [-0.25, -0.2) is 13.2 Å². The van der Waals surface area contributed by atoms with Gasteiger partial charge in [-0.2, -0.15) is 9.57 Å². The minimum atomic E-state index is -3.92. The lowest BCUT2D eigenvalue weighted by Crippen LogP contribution is -2.51. The third-order valence-corrected chi connectivity index (χ3v) is 8.10. The fourth-order valence-corrected chi connectivity index (χ4v) is 5.59. The molecule has 0 aromatic heterocycles. The highest BCUT2D eigenvalue weighted by molar-refractivity contribution is 7.89. The third-order valence-electron chi connectivity index (χ3n) is 6.22. The molecule has 1 fully saturated rings. The van der Waals surface area contributed by atoms with Gasteiger partial charge in [-0.1, -0.05) is 48.0 Å². The zero-order chi connectivity index (χ0) is 26.7. The van der Waals surface area contributed by atoms with Crippen molar-refractivity contribution >= 4 is 16.1 Å². The summed E-state index contributed by atoms with van der Waals surface area (Å²) in [5.41, 5.74) is 1.80. The monoisotopic (exact) mass is 529 g/mol. The summed E-state index contributed by atoms with van der Waals surface area (Å²) in [6.45, 7) is 2.62. The maximum absolute atomic E-state index is 13.5. The molecule has 1 aliphatic rings. The smallest absolute Gasteiger partial charge is 0.407 e. The molecule has 1 heterocycles. The number of aryl methyl sites for hydroxylation is 1. The van der Waals surface area contributed by atoms with Crippen LogP contribution in [0.5, 0.6) is 0 Å². The predicted octanol–water partition coefficient (Wildman–Crippen LogP) is 3.17. The number of amides is 1. The summed E-state index contributed by atoms with van der Waals surface area (Å²) in [4.78, 5) is 12.7. The van der Waals surface area contributed by atoms with Crippen molar-refractivity contribution in [2.24, 2.45) is 0 Å². The number of unbranched alkanes of at least 4 members (excludes halogenated alkanes) is 2. The molecule has 3 unspecified atom stereocenters. The van der Waals surface area contributed by atoms with Gasteiger partial charge >= 0.3 is 6.09 Å². The van der Waals surface area contributed by atoms with E-state index >= 15 is 0 Å². The average Bonchev–Trinajstić information content (AvgIpc) is 3.39. The fourth-order valence-electron chi connectivity index (χ4n) is 4.09. The maximum atomic E-state index is 13.5. The molecule has 2 N–H and O–H groups in total. The Morgan fingerprint density at radius 3 is 2.59 bits per heavy atom. The molecule has 37 heavy (non-hydrogen) atoms. The van der Waals surface area contributed by atoms with Crippen molar-refractivity contribution in [2.75, 3.05) is 26.3 Å². The normalized spacial score (nSPS) is 17.2. The molecule has 10 heteroatoms. The molecule has 1 aliphatic heterocycles. The van der Waals surface area contributed by atoms with Gasteiger partial charge in [0.1, 0.15) is 6.10 Å². The average molecular weight is 530 g/mol. The molecule has 9 nitrogen and oxygen atoms in total. The second-order valence-electron chi connectivity index (χ2n) is 9.19. The third kappa shape index (κ3) is 8.83. The van der Waals surface area contributed by atoms with Gasteiger partial charge in [0.2, 0.25) is 10.0 Å². The van der Waals surface area contributed by atoms with Gasteiger partial charge in [0.05, 0.1) is 36.3 Å². The molecular formula is C27H35N3O6S. The number of aliphatic hydroxyl groups is 1. The zero-order valence-electron chi connectivity index (χ0n) is 21.1. The number of carbonyl (C=O) groups excluding carboxylic acids is 1. The van der Waals surface area contributed by atoms with Gasteiger partial charge in [0, 0.05) is 25.9 Å². The maximum Gasteiger partial charge on any atom is 0.407 e. The van der Waals surface area contributed by atoms with Crippen LogP contribution >= 0.6 is 0 Å². The molecule has 0 radical (unpaired) electrons. The Bertz CT molecular complexity index is 1130. The number of sulfonamides is 1. The predicted molar refractivity (Wildman–Crippen MR) is 138 cm³/mol. The van der Waals surface area contributed by atoms with E-state index in [0.29, 0.717) is 38.9 Å². The lowest BCUT2D eigenvalue weighted by Gasteiger charge is -2.30. The van der Waals surface area contributed by atoms with Crippen molar-refractivity contribution in [3.63, 3.8) is 0 Å². The largest absolute Gasteiger partial charge is 0.444 e. The summed E-state index contributed by atoms with van der Waals surface area (Å²) in [7, 11) is -3.92. The van der Waals surface area contributed by atoms with Crippen LogP contribution in [0.4, 0.5) is 4.79 Å². The number of hydrogen-bond donors (Lipinski definition) is 2. The molecule has 0 spiro atoms. The summed E-state index contributed by atoms with van der Waals surface area (Å²) in [5, 5.41) is 22.9. The lowest BCUT2D eigenvalue weighted by atomic mass is 10.0. The molecule has 200 valence electrons. The van der Waals surface area contributed by atoms with Crippen LogP contribution in [0, 0.1) is 18.3 Å². The van der Waals surface area contributed by atoms with E-state index in [0.717, 1.165) is 11.1 Å². The number of carbonyl (C=O) groups is 1. The Morgan fingerprint density at radius 2 is 1.95 bits per heavy atom. The molecule has 2 aromatic carbocycles. The zero-order valence-corrected chi connectivity index (χ0v) is 21.9. The van der Waals surface area contributed by atoms with Crippen molar-refractivity contribution in [1.29, 1.82) is 5.26 Å². The standard InChI is InChI=1S/C27H35N3O6S/c1-21-10-12-24(13-11-21)37(33,34)30(16-7-3-6-15-28)19-26(31)25(18-22-8-4-2-5-9-22)29-27(32)36-23-14-17-35-20-23/h2,4-5,8-13,23,25-26,31H,3,6-7,14,16-20H2,1H3,(H,29,32).